The molecule has 0 spiro atoms. The van der Waals surface area contributed by atoms with Crippen molar-refractivity contribution in [3.05, 3.63) is 47.5 Å². The van der Waals surface area contributed by atoms with E-state index in [4.69, 9.17) is 11.5 Å². The molecule has 100 valence electrons. The molecule has 0 radical (unpaired) electrons. The minimum atomic E-state index is -1.12. The monoisotopic (exact) mass is 293 g/mol. The topological polar surface area (TPSA) is 82.0 Å². The summed E-state index contributed by atoms with van der Waals surface area (Å²) < 4.78 is 0.972. The van der Waals surface area contributed by atoms with Crippen molar-refractivity contribution in [1.82, 2.24) is 4.98 Å². The molecule has 0 saturated carbocycles. The van der Waals surface area contributed by atoms with Gasteiger partial charge < -0.3 is 11.5 Å². The molecule has 1 aromatic heterocycles. The highest BCUT2D eigenvalue weighted by Gasteiger charge is 2.33. The Morgan fingerprint density at radius 1 is 1.37 bits per heavy atom. The molecule has 4 N–H and O–H groups in total. The molecule has 0 aliphatic heterocycles. The Balaban J connectivity index is 2.06. The highest BCUT2D eigenvalue weighted by atomic mass is 32.2. The van der Waals surface area contributed by atoms with Crippen molar-refractivity contribution in [2.45, 2.75) is 16.3 Å². The van der Waals surface area contributed by atoms with Gasteiger partial charge in [0.15, 0.2) is 0 Å². The molecule has 0 fully saturated rings. The van der Waals surface area contributed by atoms with Gasteiger partial charge in [-0.05, 0) is 12.0 Å². The van der Waals surface area contributed by atoms with Crippen molar-refractivity contribution in [3.8, 4) is 0 Å². The lowest BCUT2D eigenvalue weighted by molar-refractivity contribution is -0.123. The van der Waals surface area contributed by atoms with Crippen LogP contribution in [0.25, 0.3) is 0 Å². The maximum Gasteiger partial charge on any atom is 0.242 e. The van der Waals surface area contributed by atoms with Gasteiger partial charge in [-0.1, -0.05) is 42.1 Å². The Morgan fingerprint density at radius 3 is 2.68 bits per heavy atom. The number of thiazole rings is 1. The molecule has 0 saturated heterocycles. The zero-order chi connectivity index (χ0) is 13.7. The third-order valence-electron chi connectivity index (χ3n) is 2.86. The van der Waals surface area contributed by atoms with Crippen LogP contribution in [-0.4, -0.2) is 16.6 Å². The van der Waals surface area contributed by atoms with Crippen molar-refractivity contribution in [3.63, 3.8) is 0 Å². The lowest BCUT2D eigenvalue weighted by Gasteiger charge is -2.26. The highest BCUT2D eigenvalue weighted by Crippen LogP contribution is 2.27. The van der Waals surface area contributed by atoms with Crippen LogP contribution in [0, 0.1) is 0 Å². The Bertz CT molecular complexity index is 530. The molecule has 1 aromatic carbocycles. The van der Waals surface area contributed by atoms with Crippen LogP contribution in [0.3, 0.4) is 0 Å². The summed E-state index contributed by atoms with van der Waals surface area (Å²) in [6, 6.07) is 9.26. The van der Waals surface area contributed by atoms with Crippen LogP contribution in [0.4, 0.5) is 0 Å². The largest absolute Gasteiger partial charge is 0.368 e. The molecular formula is C13H15N3OS2. The average Bonchev–Trinajstić information content (AvgIpc) is 2.92. The molecule has 0 aliphatic carbocycles. The lowest BCUT2D eigenvalue weighted by atomic mass is 9.88. The molecular weight excluding hydrogens is 278 g/mol. The number of primary amides is 1. The zero-order valence-electron chi connectivity index (χ0n) is 10.3. The van der Waals surface area contributed by atoms with Crippen LogP contribution in [0.2, 0.25) is 0 Å². The predicted octanol–water partition coefficient (Wildman–Crippen LogP) is 1.96. The molecule has 1 atom stereocenters. The summed E-state index contributed by atoms with van der Waals surface area (Å²) in [4.78, 5) is 15.9. The molecule has 4 nitrogen and oxygen atoms in total. The Labute approximate surface area is 120 Å². The van der Waals surface area contributed by atoms with Crippen LogP contribution >= 0.6 is 23.1 Å². The van der Waals surface area contributed by atoms with Crippen LogP contribution in [0.1, 0.15) is 12.0 Å². The molecule has 2 aromatic rings. The maximum atomic E-state index is 11.7. The number of benzene rings is 1. The molecule has 19 heavy (non-hydrogen) atoms. The number of thioether (sulfide) groups is 1. The summed E-state index contributed by atoms with van der Waals surface area (Å²) in [5, 5.41) is 1.92. The van der Waals surface area contributed by atoms with Gasteiger partial charge in [0.25, 0.3) is 0 Å². The van der Waals surface area contributed by atoms with Gasteiger partial charge in [0.1, 0.15) is 9.88 Å². The van der Waals surface area contributed by atoms with Crippen molar-refractivity contribution in [2.75, 3.05) is 5.75 Å². The Morgan fingerprint density at radius 2 is 2.11 bits per heavy atom. The quantitative estimate of drug-likeness (QED) is 0.798. The fraction of sp³-hybridized carbons (Fsp3) is 0.231. The number of aromatic nitrogens is 1. The standard InChI is InChI=1S/C13H15N3OS2/c14-11(17)13(15,10-4-2-1-3-5-10)6-8-18-12-16-7-9-19-12/h1-5,7,9H,6,8,15H2,(H2,14,17). The number of rotatable bonds is 6. The van der Waals surface area contributed by atoms with Gasteiger partial charge in [-0.3, -0.25) is 4.79 Å². The molecule has 6 heteroatoms. The molecule has 1 heterocycles. The van der Waals surface area contributed by atoms with E-state index in [0.717, 1.165) is 9.90 Å². The van der Waals surface area contributed by atoms with Crippen molar-refractivity contribution in [2.24, 2.45) is 11.5 Å². The van der Waals surface area contributed by atoms with Crippen molar-refractivity contribution < 1.29 is 4.79 Å². The molecule has 0 aliphatic rings. The Hall–Kier alpha value is -1.37. The third-order valence-corrected chi connectivity index (χ3v) is 4.83. The van der Waals surface area contributed by atoms with Gasteiger partial charge in [-0.2, -0.15) is 0 Å². The second kappa shape index (κ2) is 6.18. The van der Waals surface area contributed by atoms with E-state index >= 15 is 0 Å². The van der Waals surface area contributed by atoms with Crippen molar-refractivity contribution in [1.29, 1.82) is 0 Å². The van der Waals surface area contributed by atoms with Gasteiger partial charge in [0.05, 0.1) is 0 Å². The summed E-state index contributed by atoms with van der Waals surface area (Å²) in [6.07, 6.45) is 2.24. The van der Waals surface area contributed by atoms with Gasteiger partial charge >= 0.3 is 0 Å². The van der Waals surface area contributed by atoms with E-state index in [1.54, 1.807) is 29.3 Å². The summed E-state index contributed by atoms with van der Waals surface area (Å²) in [6.45, 7) is 0. The summed E-state index contributed by atoms with van der Waals surface area (Å²) in [7, 11) is 0. The van der Waals surface area contributed by atoms with Crippen LogP contribution < -0.4 is 11.5 Å². The summed E-state index contributed by atoms with van der Waals surface area (Å²) in [5.41, 5.74) is 11.3. The molecule has 1 amide bonds. The number of hydrogen-bond acceptors (Lipinski definition) is 5. The number of carbonyl (C=O) groups excluding carboxylic acids is 1. The van der Waals surface area contributed by atoms with Gasteiger partial charge in [0.2, 0.25) is 5.91 Å². The third kappa shape index (κ3) is 3.34. The number of carbonyl (C=O) groups is 1. The molecule has 1 unspecified atom stereocenters. The van der Waals surface area contributed by atoms with E-state index in [9.17, 15) is 4.79 Å². The SMILES string of the molecule is NC(=O)C(N)(CCSc1nccs1)c1ccccc1. The van der Waals surface area contributed by atoms with Crippen LogP contribution in [-0.2, 0) is 10.3 Å². The van der Waals surface area contributed by atoms with E-state index in [1.807, 2.05) is 35.7 Å². The predicted molar refractivity (Wildman–Crippen MR) is 79.0 cm³/mol. The first-order valence-corrected chi connectivity index (χ1v) is 7.66. The van der Waals surface area contributed by atoms with Crippen molar-refractivity contribution >= 4 is 29.0 Å². The maximum absolute atomic E-state index is 11.7. The van der Waals surface area contributed by atoms with Crippen LogP contribution in [0.15, 0.2) is 46.2 Å². The van der Waals surface area contributed by atoms with E-state index < -0.39 is 11.4 Å². The van der Waals surface area contributed by atoms with Crippen LogP contribution in [0.5, 0.6) is 0 Å². The first-order valence-electron chi connectivity index (χ1n) is 5.79. The number of amides is 1. The minimum absolute atomic E-state index is 0.483. The van der Waals surface area contributed by atoms with Gasteiger partial charge in [-0.15, -0.1) is 11.3 Å². The number of hydrogen-bond donors (Lipinski definition) is 2. The van der Waals surface area contributed by atoms with E-state index in [2.05, 4.69) is 4.98 Å². The van der Waals surface area contributed by atoms with E-state index in [1.165, 1.54) is 0 Å². The second-order valence-corrected chi connectivity index (χ2v) is 6.33. The minimum Gasteiger partial charge on any atom is -0.368 e. The smallest absolute Gasteiger partial charge is 0.242 e. The second-order valence-electron chi connectivity index (χ2n) is 4.10. The summed E-state index contributed by atoms with van der Waals surface area (Å²) >= 11 is 3.16. The van der Waals surface area contributed by atoms with E-state index in [-0.39, 0.29) is 0 Å². The summed E-state index contributed by atoms with van der Waals surface area (Å²) in [5.74, 6) is 0.195. The first-order chi connectivity index (χ1) is 9.13. The first kappa shape index (κ1) is 14.0. The number of nitrogens with zero attached hydrogens (tertiary/aromatic N) is 1. The molecule has 2 rings (SSSR count). The Kier molecular flexibility index (Phi) is 4.57. The fourth-order valence-electron chi connectivity index (χ4n) is 1.73. The van der Waals surface area contributed by atoms with E-state index in [0.29, 0.717) is 12.2 Å². The van der Waals surface area contributed by atoms with Gasteiger partial charge in [-0.25, -0.2) is 4.98 Å². The lowest BCUT2D eigenvalue weighted by Crippen LogP contribution is -2.49. The van der Waals surface area contributed by atoms with Gasteiger partial charge in [0, 0.05) is 17.3 Å². The normalized spacial score (nSPS) is 13.9. The number of nitrogens with two attached hydrogens (primary N) is 2. The average molecular weight is 293 g/mol. The fourth-order valence-corrected chi connectivity index (χ4v) is 3.51. The zero-order valence-corrected chi connectivity index (χ0v) is 11.9. The highest BCUT2D eigenvalue weighted by molar-refractivity contribution is 8.00. The molecule has 0 bridgehead atoms.